The molecule has 2 aromatic carbocycles. The third-order valence-corrected chi connectivity index (χ3v) is 7.67. The van der Waals surface area contributed by atoms with Gasteiger partial charge in [-0.1, -0.05) is 17.7 Å². The normalized spacial score (nSPS) is 15.7. The number of amides is 2. The second kappa shape index (κ2) is 8.90. The lowest BCUT2D eigenvalue weighted by Gasteiger charge is -2.22. The lowest BCUT2D eigenvalue weighted by molar-refractivity contribution is 0.214. The number of nitrogens with zero attached hydrogens (tertiary/aromatic N) is 3. The maximum Gasteiger partial charge on any atom is 0.321 e. The number of anilines is 1. The molecule has 0 radical (unpaired) electrons. The summed E-state index contributed by atoms with van der Waals surface area (Å²) in [5.74, 6) is 0. The Kier molecular flexibility index (Phi) is 6.22. The second-order valence-electron chi connectivity index (χ2n) is 7.51. The zero-order valence-corrected chi connectivity index (χ0v) is 18.9. The first-order valence-corrected chi connectivity index (χ1v) is 12.1. The minimum Gasteiger partial charge on any atom is -0.348 e. The summed E-state index contributed by atoms with van der Waals surface area (Å²) in [5, 5.41) is 4.27. The van der Waals surface area contributed by atoms with Crippen LogP contribution in [0, 0.1) is 0 Å². The molecule has 1 fully saturated rings. The monoisotopic (exact) mass is 460 g/mol. The number of hydrogen-bond acceptors (Lipinski definition) is 3. The Morgan fingerprint density at radius 3 is 2.68 bits per heavy atom. The van der Waals surface area contributed by atoms with Crippen molar-refractivity contribution in [3.8, 4) is 0 Å². The molecule has 164 valence electrons. The second-order valence-corrected chi connectivity index (χ2v) is 9.88. The van der Waals surface area contributed by atoms with Crippen molar-refractivity contribution in [3.63, 3.8) is 0 Å². The molecule has 1 N–H and O–H groups in total. The van der Waals surface area contributed by atoms with Gasteiger partial charge in [0.25, 0.3) is 0 Å². The molecule has 2 heterocycles. The fraction of sp³-hybridized carbons (Fsp3) is 0.318. The van der Waals surface area contributed by atoms with E-state index in [0.29, 0.717) is 36.8 Å². The quantitative estimate of drug-likeness (QED) is 0.632. The number of sulfonamides is 1. The molecule has 0 saturated carbocycles. The molecule has 1 aliphatic rings. The Balaban J connectivity index is 1.46. The van der Waals surface area contributed by atoms with Crippen LogP contribution < -0.4 is 5.32 Å². The molecular formula is C22H25ClN4O3S. The van der Waals surface area contributed by atoms with Crippen LogP contribution in [-0.4, -0.2) is 54.4 Å². The van der Waals surface area contributed by atoms with E-state index in [9.17, 15) is 13.2 Å². The molecule has 7 nitrogen and oxygen atoms in total. The fourth-order valence-corrected chi connectivity index (χ4v) is 5.57. The SMILES string of the molecule is CCn1ccc2cc(S(=O)(=O)N3CCCN(C(=O)Nc4cccc(Cl)c4)CC3)ccc21. The van der Waals surface area contributed by atoms with Crippen molar-refractivity contribution < 1.29 is 13.2 Å². The summed E-state index contributed by atoms with van der Waals surface area (Å²) in [4.78, 5) is 14.6. The average molecular weight is 461 g/mol. The topological polar surface area (TPSA) is 74.7 Å². The summed E-state index contributed by atoms with van der Waals surface area (Å²) in [5.41, 5.74) is 1.62. The van der Waals surface area contributed by atoms with Crippen LogP contribution in [-0.2, 0) is 16.6 Å². The molecule has 0 aliphatic carbocycles. The van der Waals surface area contributed by atoms with Crippen LogP contribution in [0.4, 0.5) is 10.5 Å². The number of hydrogen-bond donors (Lipinski definition) is 1. The van der Waals surface area contributed by atoms with Gasteiger partial charge in [0.05, 0.1) is 4.90 Å². The molecule has 3 aromatic rings. The van der Waals surface area contributed by atoms with E-state index in [1.54, 1.807) is 41.3 Å². The lowest BCUT2D eigenvalue weighted by Crippen LogP contribution is -2.39. The first kappa shape index (κ1) is 21.7. The minimum absolute atomic E-state index is 0.249. The largest absolute Gasteiger partial charge is 0.348 e. The maximum absolute atomic E-state index is 13.3. The highest BCUT2D eigenvalue weighted by Crippen LogP contribution is 2.24. The van der Waals surface area contributed by atoms with E-state index in [1.165, 1.54) is 4.31 Å². The van der Waals surface area contributed by atoms with Gasteiger partial charge in [0.1, 0.15) is 0 Å². The molecule has 4 rings (SSSR count). The number of nitrogens with one attached hydrogen (secondary N) is 1. The Morgan fingerprint density at radius 2 is 1.90 bits per heavy atom. The number of carbonyl (C=O) groups excluding carboxylic acids is 1. The number of fused-ring (bicyclic) bond motifs is 1. The van der Waals surface area contributed by atoms with E-state index in [0.717, 1.165) is 17.4 Å². The average Bonchev–Trinajstić information content (AvgIpc) is 2.98. The van der Waals surface area contributed by atoms with E-state index in [1.807, 2.05) is 18.3 Å². The fourth-order valence-electron chi connectivity index (χ4n) is 3.87. The van der Waals surface area contributed by atoms with E-state index in [-0.39, 0.29) is 17.5 Å². The van der Waals surface area contributed by atoms with E-state index in [4.69, 9.17) is 11.6 Å². The standard InChI is InChI=1S/C22H25ClN4O3S/c1-2-25-12-9-17-15-20(7-8-21(17)25)31(29,30)27-11-4-10-26(13-14-27)22(28)24-19-6-3-5-18(23)16-19/h3,5-9,12,15-16H,2,4,10-11,13-14H2,1H3,(H,24,28). The van der Waals surface area contributed by atoms with Crippen molar-refractivity contribution in [2.45, 2.75) is 24.8 Å². The number of benzene rings is 2. The Morgan fingerprint density at radius 1 is 1.06 bits per heavy atom. The van der Waals surface area contributed by atoms with Crippen molar-refractivity contribution in [1.29, 1.82) is 0 Å². The maximum atomic E-state index is 13.3. The molecule has 9 heteroatoms. The number of aryl methyl sites for hydroxylation is 1. The number of aromatic nitrogens is 1. The number of rotatable bonds is 4. The number of carbonyl (C=O) groups is 1. The van der Waals surface area contributed by atoms with Crippen molar-refractivity contribution >= 4 is 44.2 Å². The number of halogens is 1. The van der Waals surface area contributed by atoms with Gasteiger partial charge in [-0.15, -0.1) is 0 Å². The lowest BCUT2D eigenvalue weighted by atomic mass is 10.2. The van der Waals surface area contributed by atoms with Crippen molar-refractivity contribution in [3.05, 3.63) is 59.8 Å². The van der Waals surface area contributed by atoms with E-state index >= 15 is 0 Å². The predicted molar refractivity (Wildman–Crippen MR) is 123 cm³/mol. The molecule has 2 amide bonds. The highest BCUT2D eigenvalue weighted by molar-refractivity contribution is 7.89. The highest BCUT2D eigenvalue weighted by atomic mass is 35.5. The van der Waals surface area contributed by atoms with Crippen LogP contribution in [0.3, 0.4) is 0 Å². The summed E-state index contributed by atoms with van der Waals surface area (Å²) < 4.78 is 30.0. The van der Waals surface area contributed by atoms with Gasteiger partial charge in [0.2, 0.25) is 10.0 Å². The summed E-state index contributed by atoms with van der Waals surface area (Å²) in [6, 6.07) is 13.9. The van der Waals surface area contributed by atoms with Crippen LogP contribution in [0.5, 0.6) is 0 Å². The van der Waals surface area contributed by atoms with E-state index in [2.05, 4.69) is 16.8 Å². The Labute approximate surface area is 187 Å². The van der Waals surface area contributed by atoms with Crippen molar-refractivity contribution in [2.24, 2.45) is 0 Å². The van der Waals surface area contributed by atoms with Gasteiger partial charge >= 0.3 is 6.03 Å². The van der Waals surface area contributed by atoms with Crippen molar-refractivity contribution in [1.82, 2.24) is 13.8 Å². The van der Waals surface area contributed by atoms with Crippen molar-refractivity contribution in [2.75, 3.05) is 31.5 Å². The molecule has 0 unspecified atom stereocenters. The van der Waals surface area contributed by atoms with Crippen LogP contribution in [0.2, 0.25) is 5.02 Å². The first-order valence-electron chi connectivity index (χ1n) is 10.3. The summed E-state index contributed by atoms with van der Waals surface area (Å²) in [7, 11) is -3.64. The highest BCUT2D eigenvalue weighted by Gasteiger charge is 2.28. The molecule has 1 saturated heterocycles. The molecule has 0 spiro atoms. The smallest absolute Gasteiger partial charge is 0.321 e. The molecule has 1 aromatic heterocycles. The van der Waals surface area contributed by atoms with Gasteiger partial charge in [-0.3, -0.25) is 0 Å². The summed E-state index contributed by atoms with van der Waals surface area (Å²) in [6.07, 6.45) is 2.53. The van der Waals surface area contributed by atoms with Gasteiger partial charge < -0.3 is 14.8 Å². The Hall–Kier alpha value is -2.55. The third kappa shape index (κ3) is 4.56. The van der Waals surface area contributed by atoms with Gasteiger partial charge in [0.15, 0.2) is 0 Å². The van der Waals surface area contributed by atoms with Crippen LogP contribution in [0.1, 0.15) is 13.3 Å². The first-order chi connectivity index (χ1) is 14.9. The van der Waals surface area contributed by atoms with Gasteiger partial charge in [-0.25, -0.2) is 13.2 Å². The molecule has 1 aliphatic heterocycles. The molecule has 0 atom stereocenters. The molecule has 31 heavy (non-hydrogen) atoms. The van der Waals surface area contributed by atoms with Gasteiger partial charge in [0, 0.05) is 60.5 Å². The zero-order chi connectivity index (χ0) is 22.0. The van der Waals surface area contributed by atoms with E-state index < -0.39 is 10.0 Å². The van der Waals surface area contributed by atoms with Crippen LogP contribution in [0.25, 0.3) is 10.9 Å². The molecule has 0 bridgehead atoms. The zero-order valence-electron chi connectivity index (χ0n) is 17.3. The van der Waals surface area contributed by atoms with Gasteiger partial charge in [-0.05, 0) is 55.8 Å². The predicted octanol–water partition coefficient (Wildman–Crippen LogP) is 4.24. The third-order valence-electron chi connectivity index (χ3n) is 5.54. The molecular weight excluding hydrogens is 436 g/mol. The summed E-state index contributed by atoms with van der Waals surface area (Å²) in [6.45, 7) is 4.30. The Bertz CT molecular complexity index is 1210. The van der Waals surface area contributed by atoms with Crippen LogP contribution >= 0.6 is 11.6 Å². The minimum atomic E-state index is -3.64. The van der Waals surface area contributed by atoms with Gasteiger partial charge in [-0.2, -0.15) is 4.31 Å². The summed E-state index contributed by atoms with van der Waals surface area (Å²) >= 11 is 5.97. The number of urea groups is 1. The van der Waals surface area contributed by atoms with Crippen LogP contribution in [0.15, 0.2) is 59.6 Å².